The lowest BCUT2D eigenvalue weighted by Crippen LogP contribution is -2.28. The van der Waals surface area contributed by atoms with E-state index in [1.165, 1.54) is 18.3 Å². The van der Waals surface area contributed by atoms with Gasteiger partial charge in [0.25, 0.3) is 5.89 Å². The Morgan fingerprint density at radius 1 is 0.465 bits per heavy atom. The van der Waals surface area contributed by atoms with Crippen LogP contribution in [0.1, 0.15) is 25.3 Å². The summed E-state index contributed by atoms with van der Waals surface area (Å²) in [6, 6.07) is 14.6. The van der Waals surface area contributed by atoms with Gasteiger partial charge in [-0.25, -0.2) is 18.4 Å². The van der Waals surface area contributed by atoms with E-state index in [0.717, 1.165) is 37.3 Å². The Morgan fingerprint density at radius 3 is 1.07 bits per heavy atom. The summed E-state index contributed by atoms with van der Waals surface area (Å²) in [5, 5.41) is 20.2. The molecular weight excluding hydrogens is 2440 g/mol. The number of rotatable bonds is 39. The number of benzene rings is 2. The van der Waals surface area contributed by atoms with Gasteiger partial charge < -0.3 is 25.3 Å². The molecule has 4 aromatic rings. The average molecular weight is 2540 g/mol. The number of aliphatic hydroxyl groups excluding tert-OH is 1. The van der Waals surface area contributed by atoms with Gasteiger partial charge in [-0.1, -0.05) is 24.3 Å². The molecule has 2 aromatic carbocycles. The molecule has 0 aliphatic carbocycles. The lowest BCUT2D eigenvalue weighted by molar-refractivity contribution is 0.190. The molecule has 11 nitrogen and oxygen atoms in total. The molecule has 0 saturated carbocycles. The lowest BCUT2D eigenvalue weighted by Gasteiger charge is -2.60. The Kier molecular flexibility index (Phi) is 69.6. The van der Waals surface area contributed by atoms with Gasteiger partial charge in [-0.05, 0) is 259 Å². The summed E-state index contributed by atoms with van der Waals surface area (Å²) in [5.74, 6) is 0.580. The lowest BCUT2D eigenvalue weighted by atomic mass is 10.1. The van der Waals surface area contributed by atoms with Crippen LogP contribution in [-0.4, -0.2) is 64.8 Å². The van der Waals surface area contributed by atoms with Crippen LogP contribution in [0.5, 0.6) is 0 Å². The molecule has 101 heavy (non-hydrogen) atoms. The highest BCUT2D eigenvalue weighted by atomic mass is 33.6. The van der Waals surface area contributed by atoms with E-state index >= 15 is 0 Å². The van der Waals surface area contributed by atoms with E-state index in [2.05, 4.69) is 311 Å². The molecule has 0 amide bonds. The van der Waals surface area contributed by atoms with Gasteiger partial charge in [0.1, 0.15) is 0 Å². The number of nitrogen functional groups attached to an aromatic ring is 1. The maximum absolute atomic E-state index is 12.7. The molecule has 1 aliphatic rings. The van der Waals surface area contributed by atoms with Crippen molar-refractivity contribution >= 4 is 511 Å². The van der Waals surface area contributed by atoms with Gasteiger partial charge in [0.05, 0.1) is 28.6 Å². The second-order valence-electron chi connectivity index (χ2n) is 19.3. The van der Waals surface area contributed by atoms with Gasteiger partial charge in [0.15, 0.2) is 21.3 Å². The third kappa shape index (κ3) is 37.2. The standard InChI is InChI=1S/C27H30N6O5S.H64P62/c1-17(10-12-34)39(35,36)22-8-6-19(7-9-22)23-15-30-25(28)24(31-23)27-33-32-26(38-27)20-4-2-18(3-5-20)14-29-21-11-13-37-16-21;1-33(2)49(34(3)4)57(50(35(5)6)36(7)8)61(58(51(37(9)10)38(11)12)52(39(13)14)40(15)16)62(59(53(41(17)18)42(19)20)54(43(21)22)44(23)24)60(55(45(25)26)46(27)28)56(47(29)30)48(31)32/h2-9,15,17,21,29,34H,10-14,16H2,1H3,(H2,28,30);1-32H2/t17?,21-;/m0./s1. The molecule has 3 heterocycles. The third-order valence-corrected chi connectivity index (χ3v) is 445. The quantitative estimate of drug-likeness (QED) is 0.0364. The van der Waals surface area contributed by atoms with Gasteiger partial charge in [0, 0.05) is 36.9 Å². The highest BCUT2D eigenvalue weighted by Crippen LogP contribution is 3.49. The summed E-state index contributed by atoms with van der Waals surface area (Å²) in [5.41, 5.74) is 9.32. The summed E-state index contributed by atoms with van der Waals surface area (Å²) in [6.45, 7) is -3.70. The van der Waals surface area contributed by atoms with Gasteiger partial charge in [-0.2, -0.15) is 0 Å². The van der Waals surface area contributed by atoms with E-state index in [4.69, 9.17) is 20.0 Å². The van der Waals surface area contributed by atoms with Crippen molar-refractivity contribution in [2.24, 2.45) is 0 Å². The third-order valence-electron chi connectivity index (χ3n) is 12.1. The number of anilines is 1. The van der Waals surface area contributed by atoms with Crippen molar-refractivity contribution in [1.82, 2.24) is 25.5 Å². The molecule has 1 aliphatic heterocycles. The molecule has 2 aromatic heterocycles. The summed E-state index contributed by atoms with van der Waals surface area (Å²) < 4.78 is 36.7. The molecule has 33 unspecified atom stereocenters. The topological polar surface area (TPSA) is 166 Å². The molecule has 0 spiro atoms. The highest BCUT2D eigenvalue weighted by Gasteiger charge is 2.62. The fourth-order valence-electron chi connectivity index (χ4n) is 7.96. The molecule has 1 saturated heterocycles. The number of hydrogen-bond donors (Lipinski definition) is 3. The molecule has 0 radical (unpaired) electrons. The minimum Gasteiger partial charge on any atom is -0.414 e. The number of nitrogens with two attached hydrogens (primary N) is 1. The first-order chi connectivity index (χ1) is 47.0. The number of ether oxygens (including phenoxy) is 1. The van der Waals surface area contributed by atoms with Gasteiger partial charge >= 0.3 is 0 Å². The maximum atomic E-state index is 12.7. The van der Waals surface area contributed by atoms with Crippen molar-refractivity contribution in [2.45, 2.75) is 42.5 Å². The Morgan fingerprint density at radius 2 is 0.772 bits per heavy atom. The van der Waals surface area contributed by atoms with E-state index in [1.54, 1.807) is 19.1 Å². The zero-order valence-electron chi connectivity index (χ0n) is 53.3. The molecule has 34 atom stereocenters. The predicted octanol–water partition coefficient (Wildman–Crippen LogP) is 39.1. The first-order valence-electron chi connectivity index (χ1n) is 26.7. The summed E-state index contributed by atoms with van der Waals surface area (Å²) >= 11 is 0. The zero-order valence-corrected chi connectivity index (χ0v) is 118. The van der Waals surface area contributed by atoms with Crippen molar-refractivity contribution in [3.05, 3.63) is 60.3 Å². The second kappa shape index (κ2) is 60.4. The fraction of sp³-hybridized carbons (Fsp3) is 0.333. The zero-order chi connectivity index (χ0) is 76.7. The van der Waals surface area contributed by atoms with Crippen LogP contribution in [0.2, 0.25) is 0 Å². The first-order valence-corrected chi connectivity index (χ1v) is 141. The largest absolute Gasteiger partial charge is 0.414 e. The second-order valence-corrected chi connectivity index (χ2v) is 277. The van der Waals surface area contributed by atoms with E-state index < -0.39 is 15.1 Å². The summed E-state index contributed by atoms with van der Waals surface area (Å²) in [7, 11) is 111. The minimum atomic E-state index is -3.55. The SMILES string of the molecule is CC(CCO)S(=O)(=O)c1ccc(-c2cnc(N)c(-c3nnc(-c4ccc(CN[C@H]5CCOC5)cc4)o3)n2)cc1.PP(P)P(P(P)P)P(P(P(P)P)P(P)P)P(P(P(P(P)P)P(P)P)P(P(P)P)P(P)P)P(P(P(P(P)P)P(P)P)P(P(P)P)P(P)P)P(P(P(P)P)P(P)P)P(P(P)P)P(P)P. The smallest absolute Gasteiger partial charge is 0.270 e. The maximum Gasteiger partial charge on any atom is 0.270 e. The van der Waals surface area contributed by atoms with Gasteiger partial charge in [0.2, 0.25) is 5.89 Å². The number of nitrogens with one attached hydrogen (secondary N) is 1. The normalized spacial score (nSPS) is 15.3. The molecular formula is C27H94N6O5P62S. The van der Waals surface area contributed by atoms with Crippen molar-refractivity contribution in [3.63, 3.8) is 0 Å². The molecule has 74 heteroatoms. The van der Waals surface area contributed by atoms with Crippen LogP contribution in [0, 0.1) is 0 Å². The van der Waals surface area contributed by atoms with Crippen LogP contribution in [-0.2, 0) is 21.1 Å². The number of hydrogen-bond acceptors (Lipinski definition) is 11. The van der Waals surface area contributed by atoms with Gasteiger partial charge in [-0.3, -0.25) is 0 Å². The van der Waals surface area contributed by atoms with Crippen molar-refractivity contribution in [2.75, 3.05) is 25.6 Å². The Bertz CT molecular complexity index is 2840. The molecule has 0 bridgehead atoms. The van der Waals surface area contributed by atoms with Gasteiger partial charge in [-0.15, -0.1) is 296 Å². The number of aliphatic hydroxyl groups is 1. The fourth-order valence-corrected chi connectivity index (χ4v) is 910. The Balaban J connectivity index is 0.000000470. The van der Waals surface area contributed by atoms with E-state index in [1.807, 2.05) is 24.3 Å². The van der Waals surface area contributed by atoms with E-state index in [0.29, 0.717) is 23.2 Å². The summed E-state index contributed by atoms with van der Waals surface area (Å²) in [6.07, 6.45) is 2.69. The van der Waals surface area contributed by atoms with Crippen LogP contribution in [0.4, 0.5) is 5.82 Å². The van der Waals surface area contributed by atoms with Crippen LogP contribution >= 0.6 is 495 Å². The molecule has 1 fully saturated rings. The monoisotopic (exact) mass is 2540 g/mol. The molecule has 578 valence electrons. The van der Waals surface area contributed by atoms with E-state index in [9.17, 15) is 8.42 Å². The highest BCUT2D eigenvalue weighted by molar-refractivity contribution is 9.55. The Labute approximate surface area is 712 Å². The number of sulfone groups is 1. The number of nitrogens with zero attached hydrogens (tertiary/aromatic N) is 4. The molecule has 4 N–H and O–H groups in total. The van der Waals surface area contributed by atoms with E-state index in [-0.39, 0.29) is 245 Å². The first kappa shape index (κ1) is 116. The van der Waals surface area contributed by atoms with Crippen LogP contribution in [0.15, 0.2) is 64.0 Å². The Hall–Kier alpha value is 22.9. The predicted molar refractivity (Wildman–Crippen MR) is 663 cm³/mol. The molecule has 5 rings (SSSR count). The summed E-state index contributed by atoms with van der Waals surface area (Å²) in [4.78, 5) is 8.97. The van der Waals surface area contributed by atoms with Crippen molar-refractivity contribution in [3.8, 4) is 34.3 Å². The van der Waals surface area contributed by atoms with Crippen molar-refractivity contribution < 1.29 is 22.7 Å². The van der Waals surface area contributed by atoms with Crippen LogP contribution in [0.25, 0.3) is 34.3 Å². The number of aromatic nitrogens is 4. The average Bonchev–Trinajstić information content (AvgIpc) is 1.18. The van der Waals surface area contributed by atoms with Crippen molar-refractivity contribution in [1.29, 1.82) is 0 Å². The minimum absolute atomic E-state index is 0.126. The van der Waals surface area contributed by atoms with Crippen LogP contribution < -0.4 is 11.1 Å². The van der Waals surface area contributed by atoms with Crippen LogP contribution in [0.3, 0.4) is 0 Å².